The van der Waals surface area contributed by atoms with E-state index >= 15 is 0 Å². The van der Waals surface area contributed by atoms with Crippen molar-refractivity contribution in [2.45, 2.75) is 27.2 Å². The van der Waals surface area contributed by atoms with E-state index in [0.717, 1.165) is 26.1 Å². The minimum Gasteiger partial charge on any atom is -0.325 e. The Morgan fingerprint density at radius 3 is 2.11 bits per heavy atom. The Balaban J connectivity index is 4.02. The standard InChI is InChI=1S/C12H24ClN3O2/c1-4-15(5-2)8-7-9-16(6-3)12(18)14-11(17)10-13/h4-10H2,1-3H3,(H,14,17,18). The molecule has 0 aliphatic rings. The number of carbonyl (C=O) groups excluding carboxylic acids is 2. The van der Waals surface area contributed by atoms with Crippen LogP contribution in [0.3, 0.4) is 0 Å². The van der Waals surface area contributed by atoms with Gasteiger partial charge in [0.1, 0.15) is 5.88 Å². The Labute approximate surface area is 114 Å². The van der Waals surface area contributed by atoms with Gasteiger partial charge in [0.2, 0.25) is 5.91 Å². The highest BCUT2D eigenvalue weighted by atomic mass is 35.5. The number of amides is 3. The molecule has 0 heterocycles. The van der Waals surface area contributed by atoms with Crippen LogP contribution in [0.15, 0.2) is 0 Å². The molecule has 0 fully saturated rings. The molecule has 0 aromatic heterocycles. The Morgan fingerprint density at radius 1 is 1.06 bits per heavy atom. The van der Waals surface area contributed by atoms with Gasteiger partial charge in [-0.05, 0) is 33.0 Å². The monoisotopic (exact) mass is 277 g/mol. The summed E-state index contributed by atoms with van der Waals surface area (Å²) in [7, 11) is 0. The third-order valence-corrected chi connectivity index (χ3v) is 3.08. The summed E-state index contributed by atoms with van der Waals surface area (Å²) in [6, 6.07) is -0.359. The molecule has 0 saturated heterocycles. The lowest BCUT2D eigenvalue weighted by atomic mass is 10.3. The molecule has 106 valence electrons. The molecule has 0 aliphatic carbocycles. The maximum atomic E-state index is 11.7. The van der Waals surface area contributed by atoms with Crippen LogP contribution in [-0.2, 0) is 4.79 Å². The number of nitrogens with zero attached hydrogens (tertiary/aromatic N) is 2. The highest BCUT2D eigenvalue weighted by Crippen LogP contribution is 1.96. The number of halogens is 1. The molecule has 3 amide bonds. The van der Waals surface area contributed by atoms with E-state index in [1.807, 2.05) is 6.92 Å². The molecule has 6 heteroatoms. The number of hydrogen-bond acceptors (Lipinski definition) is 3. The zero-order chi connectivity index (χ0) is 14.0. The summed E-state index contributed by atoms with van der Waals surface area (Å²) in [5.74, 6) is -0.646. The zero-order valence-corrected chi connectivity index (χ0v) is 12.3. The SMILES string of the molecule is CCN(CC)CCCN(CC)C(=O)NC(=O)CCl. The van der Waals surface area contributed by atoms with Crippen LogP contribution in [0.2, 0.25) is 0 Å². The first-order valence-electron chi connectivity index (χ1n) is 6.46. The van der Waals surface area contributed by atoms with Crippen molar-refractivity contribution in [2.75, 3.05) is 38.6 Å². The summed E-state index contributed by atoms with van der Waals surface area (Å²) in [6.45, 7) is 10.3. The van der Waals surface area contributed by atoms with E-state index in [0.29, 0.717) is 13.1 Å². The number of hydrogen-bond donors (Lipinski definition) is 1. The smallest absolute Gasteiger partial charge is 0.324 e. The predicted octanol–water partition coefficient (Wildman–Crippen LogP) is 1.52. The van der Waals surface area contributed by atoms with Crippen LogP contribution < -0.4 is 5.32 Å². The van der Waals surface area contributed by atoms with Gasteiger partial charge in [-0.2, -0.15) is 0 Å². The third kappa shape index (κ3) is 6.81. The summed E-state index contributed by atoms with van der Waals surface area (Å²) in [5.41, 5.74) is 0. The lowest BCUT2D eigenvalue weighted by Crippen LogP contribution is -2.44. The second-order valence-corrected chi connectivity index (χ2v) is 4.21. The van der Waals surface area contributed by atoms with Crippen molar-refractivity contribution in [3.05, 3.63) is 0 Å². The molecular formula is C12H24ClN3O2. The zero-order valence-electron chi connectivity index (χ0n) is 11.5. The van der Waals surface area contributed by atoms with Gasteiger partial charge in [-0.3, -0.25) is 10.1 Å². The molecule has 1 N–H and O–H groups in total. The van der Waals surface area contributed by atoms with E-state index in [4.69, 9.17) is 11.6 Å². The molecule has 0 aliphatic heterocycles. The Bertz CT molecular complexity index is 258. The fourth-order valence-corrected chi connectivity index (χ4v) is 1.73. The molecule has 0 unspecified atom stereocenters. The van der Waals surface area contributed by atoms with Gasteiger partial charge in [-0.25, -0.2) is 4.79 Å². The lowest BCUT2D eigenvalue weighted by molar-refractivity contribution is -0.117. The summed E-state index contributed by atoms with van der Waals surface area (Å²) in [5, 5.41) is 2.25. The van der Waals surface area contributed by atoms with Crippen LogP contribution in [0.5, 0.6) is 0 Å². The number of rotatable bonds is 8. The molecule has 0 spiro atoms. The van der Waals surface area contributed by atoms with Crippen molar-refractivity contribution < 1.29 is 9.59 Å². The molecule has 0 saturated carbocycles. The summed E-state index contributed by atoms with van der Waals surface area (Å²) >= 11 is 5.34. The van der Waals surface area contributed by atoms with E-state index in [1.165, 1.54) is 0 Å². The molecule has 0 atom stereocenters. The largest absolute Gasteiger partial charge is 0.325 e. The average molecular weight is 278 g/mol. The van der Waals surface area contributed by atoms with Crippen LogP contribution in [0, 0.1) is 0 Å². The molecule has 0 radical (unpaired) electrons. The second kappa shape index (κ2) is 10.1. The predicted molar refractivity (Wildman–Crippen MR) is 73.9 cm³/mol. The van der Waals surface area contributed by atoms with Crippen molar-refractivity contribution in [3.8, 4) is 0 Å². The number of alkyl halides is 1. The summed E-state index contributed by atoms with van der Waals surface area (Å²) in [6.07, 6.45) is 0.901. The topological polar surface area (TPSA) is 52.6 Å². The van der Waals surface area contributed by atoms with Crippen molar-refractivity contribution in [2.24, 2.45) is 0 Å². The van der Waals surface area contributed by atoms with Crippen LogP contribution in [-0.4, -0.2) is 60.3 Å². The van der Waals surface area contributed by atoms with E-state index in [2.05, 4.69) is 24.1 Å². The van der Waals surface area contributed by atoms with Crippen molar-refractivity contribution >= 4 is 23.5 Å². The van der Waals surface area contributed by atoms with Crippen LogP contribution in [0.25, 0.3) is 0 Å². The molecule has 0 aromatic carbocycles. The maximum absolute atomic E-state index is 11.7. The fourth-order valence-electron chi connectivity index (χ4n) is 1.66. The molecule has 0 aromatic rings. The van der Waals surface area contributed by atoms with Gasteiger partial charge in [-0.1, -0.05) is 13.8 Å². The van der Waals surface area contributed by atoms with E-state index in [1.54, 1.807) is 4.90 Å². The Kier molecular flexibility index (Phi) is 9.69. The first-order valence-corrected chi connectivity index (χ1v) is 6.99. The Morgan fingerprint density at radius 2 is 1.67 bits per heavy atom. The Hall–Kier alpha value is -0.810. The van der Waals surface area contributed by atoms with Gasteiger partial charge in [0.25, 0.3) is 0 Å². The molecule has 5 nitrogen and oxygen atoms in total. The second-order valence-electron chi connectivity index (χ2n) is 3.95. The molecule has 0 rings (SSSR count). The fraction of sp³-hybridized carbons (Fsp3) is 0.833. The number of carbonyl (C=O) groups is 2. The highest BCUT2D eigenvalue weighted by molar-refractivity contribution is 6.28. The summed E-state index contributed by atoms with van der Waals surface area (Å²) < 4.78 is 0. The maximum Gasteiger partial charge on any atom is 0.324 e. The molecule has 18 heavy (non-hydrogen) atoms. The van der Waals surface area contributed by atoms with Gasteiger partial charge >= 0.3 is 6.03 Å². The highest BCUT2D eigenvalue weighted by Gasteiger charge is 2.13. The van der Waals surface area contributed by atoms with E-state index in [-0.39, 0.29) is 11.9 Å². The van der Waals surface area contributed by atoms with E-state index in [9.17, 15) is 9.59 Å². The van der Waals surface area contributed by atoms with Crippen molar-refractivity contribution in [1.29, 1.82) is 0 Å². The molecule has 0 bridgehead atoms. The average Bonchev–Trinajstić information content (AvgIpc) is 2.38. The normalized spacial score (nSPS) is 10.5. The van der Waals surface area contributed by atoms with Gasteiger partial charge in [0, 0.05) is 13.1 Å². The first kappa shape index (κ1) is 17.2. The van der Waals surface area contributed by atoms with Crippen LogP contribution >= 0.6 is 11.6 Å². The third-order valence-electron chi connectivity index (χ3n) is 2.83. The van der Waals surface area contributed by atoms with Gasteiger partial charge < -0.3 is 9.80 Å². The number of nitrogens with one attached hydrogen (secondary N) is 1. The van der Waals surface area contributed by atoms with Crippen molar-refractivity contribution in [1.82, 2.24) is 15.1 Å². The number of imide groups is 1. The van der Waals surface area contributed by atoms with Crippen molar-refractivity contribution in [3.63, 3.8) is 0 Å². The first-order chi connectivity index (χ1) is 8.58. The van der Waals surface area contributed by atoms with Gasteiger partial charge in [0.15, 0.2) is 0 Å². The van der Waals surface area contributed by atoms with Gasteiger partial charge in [-0.15, -0.1) is 11.6 Å². The minimum absolute atomic E-state index is 0.192. The lowest BCUT2D eigenvalue weighted by Gasteiger charge is -2.23. The summed E-state index contributed by atoms with van der Waals surface area (Å²) in [4.78, 5) is 26.6. The van der Waals surface area contributed by atoms with Crippen LogP contribution in [0.4, 0.5) is 4.79 Å². The van der Waals surface area contributed by atoms with Crippen LogP contribution in [0.1, 0.15) is 27.2 Å². The van der Waals surface area contributed by atoms with E-state index < -0.39 is 5.91 Å². The molecular weight excluding hydrogens is 254 g/mol. The quantitative estimate of drug-likeness (QED) is 0.685. The minimum atomic E-state index is -0.455. The number of urea groups is 1. The van der Waals surface area contributed by atoms with Gasteiger partial charge in [0.05, 0.1) is 0 Å².